The first-order valence-electron chi connectivity index (χ1n) is 9.10. The van der Waals surface area contributed by atoms with Crippen molar-refractivity contribution >= 4 is 17.8 Å². The maximum absolute atomic E-state index is 13.1. The van der Waals surface area contributed by atoms with Gasteiger partial charge in [0.25, 0.3) is 0 Å². The standard InChI is InChI=1S/C22H25N5O/c1-14(23-6)10-24-11-15(2)27-20-9-17(18-12-25-16(3)26-13-18)7-8-19(20)22(4,5)21(27)28/h7-13,23H,2H2,1,3-6H3/b14-10+,24-11-. The van der Waals surface area contributed by atoms with Crippen molar-refractivity contribution in [3.8, 4) is 11.1 Å². The fraction of sp³-hybridized carbons (Fsp3) is 0.273. The summed E-state index contributed by atoms with van der Waals surface area (Å²) in [6.45, 7) is 11.7. The van der Waals surface area contributed by atoms with Gasteiger partial charge in [-0.2, -0.15) is 0 Å². The maximum Gasteiger partial charge on any atom is 0.241 e. The third kappa shape index (κ3) is 3.45. The summed E-state index contributed by atoms with van der Waals surface area (Å²) in [5.41, 5.74) is 4.44. The second kappa shape index (κ2) is 7.38. The first-order valence-corrected chi connectivity index (χ1v) is 9.10. The highest BCUT2D eigenvalue weighted by molar-refractivity contribution is 6.13. The number of rotatable bonds is 5. The molecule has 6 nitrogen and oxygen atoms in total. The van der Waals surface area contributed by atoms with E-state index in [0.717, 1.165) is 33.9 Å². The summed E-state index contributed by atoms with van der Waals surface area (Å²) in [7, 11) is 1.83. The van der Waals surface area contributed by atoms with E-state index >= 15 is 0 Å². The van der Waals surface area contributed by atoms with Crippen LogP contribution in [0.25, 0.3) is 11.1 Å². The zero-order valence-corrected chi connectivity index (χ0v) is 16.9. The molecule has 0 atom stereocenters. The Morgan fingerprint density at radius 2 is 1.93 bits per heavy atom. The minimum absolute atomic E-state index is 0.0226. The van der Waals surface area contributed by atoms with E-state index in [1.807, 2.05) is 52.9 Å². The van der Waals surface area contributed by atoms with Crippen LogP contribution in [-0.4, -0.2) is 29.1 Å². The SMILES string of the molecule is C=C(/C=N\C=C(/C)NC)N1C(=O)C(C)(C)c2ccc(-c3cnc(C)nc3)cc21. The van der Waals surface area contributed by atoms with E-state index in [2.05, 4.69) is 26.9 Å². The summed E-state index contributed by atoms with van der Waals surface area (Å²) in [5.74, 6) is 0.697. The molecule has 0 saturated heterocycles. The molecule has 3 rings (SSSR count). The molecule has 0 radical (unpaired) electrons. The first-order chi connectivity index (χ1) is 13.3. The molecular formula is C22H25N5O. The molecule has 0 aliphatic carbocycles. The molecule has 144 valence electrons. The van der Waals surface area contributed by atoms with Crippen LogP contribution in [0.15, 0.2) is 59.8 Å². The minimum atomic E-state index is -0.634. The molecule has 0 bridgehead atoms. The van der Waals surface area contributed by atoms with Gasteiger partial charge in [0.15, 0.2) is 0 Å². The largest absolute Gasteiger partial charge is 0.390 e. The van der Waals surface area contributed by atoms with E-state index in [1.165, 1.54) is 0 Å². The zero-order valence-electron chi connectivity index (χ0n) is 16.9. The lowest BCUT2D eigenvalue weighted by Crippen LogP contribution is -2.35. The van der Waals surface area contributed by atoms with Gasteiger partial charge < -0.3 is 5.32 Å². The predicted octanol–water partition coefficient (Wildman–Crippen LogP) is 3.74. The van der Waals surface area contributed by atoms with Crippen LogP contribution < -0.4 is 10.2 Å². The van der Waals surface area contributed by atoms with Crippen molar-refractivity contribution in [1.29, 1.82) is 0 Å². The van der Waals surface area contributed by atoms with Gasteiger partial charge in [0.1, 0.15) is 5.82 Å². The Morgan fingerprint density at radius 3 is 2.57 bits per heavy atom. The number of carbonyl (C=O) groups excluding carboxylic acids is 1. The molecule has 2 aromatic rings. The van der Waals surface area contributed by atoms with Gasteiger partial charge in [0, 0.05) is 36.9 Å². The summed E-state index contributed by atoms with van der Waals surface area (Å²) in [6, 6.07) is 5.99. The number of fused-ring (bicyclic) bond motifs is 1. The predicted molar refractivity (Wildman–Crippen MR) is 113 cm³/mol. The Kier molecular flexibility index (Phi) is 5.14. The van der Waals surface area contributed by atoms with Crippen molar-refractivity contribution < 1.29 is 4.79 Å². The molecule has 1 amide bonds. The quantitative estimate of drug-likeness (QED) is 0.808. The summed E-state index contributed by atoms with van der Waals surface area (Å²) in [5, 5.41) is 3.00. The lowest BCUT2D eigenvalue weighted by Gasteiger charge is -2.20. The van der Waals surface area contributed by atoms with E-state index in [4.69, 9.17) is 0 Å². The van der Waals surface area contributed by atoms with Gasteiger partial charge in [-0.05, 0) is 44.9 Å². The van der Waals surface area contributed by atoms with E-state index in [-0.39, 0.29) is 5.91 Å². The molecule has 1 aliphatic heterocycles. The molecule has 1 aliphatic rings. The second-order valence-corrected chi connectivity index (χ2v) is 7.35. The van der Waals surface area contributed by atoms with Crippen LogP contribution in [0.2, 0.25) is 0 Å². The number of hydrogen-bond donors (Lipinski definition) is 1. The number of aliphatic imine (C=N–C) groups is 1. The van der Waals surface area contributed by atoms with Crippen molar-refractivity contribution in [2.24, 2.45) is 4.99 Å². The topological polar surface area (TPSA) is 70.5 Å². The molecule has 1 aromatic carbocycles. The van der Waals surface area contributed by atoms with Crippen molar-refractivity contribution in [2.75, 3.05) is 11.9 Å². The van der Waals surface area contributed by atoms with Crippen LogP contribution in [0.5, 0.6) is 0 Å². The molecule has 28 heavy (non-hydrogen) atoms. The summed E-state index contributed by atoms with van der Waals surface area (Å²) in [6.07, 6.45) is 6.87. The summed E-state index contributed by atoms with van der Waals surface area (Å²) in [4.78, 5) is 27.6. The Balaban J connectivity index is 2.02. The van der Waals surface area contributed by atoms with Gasteiger partial charge in [-0.3, -0.25) is 14.7 Å². The zero-order chi connectivity index (χ0) is 20.5. The third-order valence-corrected chi connectivity index (χ3v) is 4.94. The van der Waals surface area contributed by atoms with Crippen molar-refractivity contribution in [3.05, 3.63) is 66.2 Å². The van der Waals surface area contributed by atoms with E-state index in [0.29, 0.717) is 5.70 Å². The Bertz CT molecular complexity index is 986. The number of aryl methyl sites for hydroxylation is 1. The molecule has 1 N–H and O–H groups in total. The lowest BCUT2D eigenvalue weighted by molar-refractivity contribution is -0.121. The van der Waals surface area contributed by atoms with Gasteiger partial charge in [0.05, 0.1) is 23.0 Å². The monoisotopic (exact) mass is 375 g/mol. The fourth-order valence-electron chi connectivity index (χ4n) is 3.11. The molecule has 2 heterocycles. The normalized spacial score (nSPS) is 15.8. The number of benzene rings is 1. The summed E-state index contributed by atoms with van der Waals surface area (Å²) >= 11 is 0. The van der Waals surface area contributed by atoms with Gasteiger partial charge >= 0.3 is 0 Å². The van der Waals surface area contributed by atoms with Crippen LogP contribution in [-0.2, 0) is 10.2 Å². The smallest absolute Gasteiger partial charge is 0.241 e. The van der Waals surface area contributed by atoms with Crippen molar-refractivity contribution in [2.45, 2.75) is 33.1 Å². The lowest BCUT2D eigenvalue weighted by atomic mass is 9.85. The highest BCUT2D eigenvalue weighted by atomic mass is 16.2. The van der Waals surface area contributed by atoms with E-state index in [9.17, 15) is 4.79 Å². The number of hydrogen-bond acceptors (Lipinski definition) is 5. The number of nitrogens with one attached hydrogen (secondary N) is 1. The Morgan fingerprint density at radius 1 is 1.25 bits per heavy atom. The van der Waals surface area contributed by atoms with Gasteiger partial charge in [-0.1, -0.05) is 18.7 Å². The average Bonchev–Trinajstić information content (AvgIpc) is 2.87. The minimum Gasteiger partial charge on any atom is -0.390 e. The second-order valence-electron chi connectivity index (χ2n) is 7.35. The van der Waals surface area contributed by atoms with Crippen LogP contribution in [0.3, 0.4) is 0 Å². The van der Waals surface area contributed by atoms with Crippen LogP contribution >= 0.6 is 0 Å². The Hall–Kier alpha value is -3.28. The van der Waals surface area contributed by atoms with E-state index in [1.54, 1.807) is 29.7 Å². The fourth-order valence-corrected chi connectivity index (χ4v) is 3.11. The average molecular weight is 375 g/mol. The van der Waals surface area contributed by atoms with Crippen molar-refractivity contribution in [1.82, 2.24) is 15.3 Å². The number of allylic oxidation sites excluding steroid dienone is 2. The summed E-state index contributed by atoms with van der Waals surface area (Å²) < 4.78 is 0. The molecular weight excluding hydrogens is 350 g/mol. The highest BCUT2D eigenvalue weighted by Gasteiger charge is 2.44. The number of carbonyl (C=O) groups is 1. The van der Waals surface area contributed by atoms with Crippen molar-refractivity contribution in [3.63, 3.8) is 0 Å². The third-order valence-electron chi connectivity index (χ3n) is 4.94. The van der Waals surface area contributed by atoms with Gasteiger partial charge in [0.2, 0.25) is 5.91 Å². The first kappa shape index (κ1) is 19.5. The molecule has 0 fully saturated rings. The highest BCUT2D eigenvalue weighted by Crippen LogP contribution is 2.44. The number of aromatic nitrogens is 2. The number of nitrogens with zero attached hydrogens (tertiary/aromatic N) is 4. The number of anilines is 1. The maximum atomic E-state index is 13.1. The van der Waals surface area contributed by atoms with Gasteiger partial charge in [-0.25, -0.2) is 9.97 Å². The van der Waals surface area contributed by atoms with E-state index < -0.39 is 5.41 Å². The Labute approximate surface area is 165 Å². The van der Waals surface area contributed by atoms with Gasteiger partial charge in [-0.15, -0.1) is 0 Å². The molecule has 1 aromatic heterocycles. The van der Waals surface area contributed by atoms with Crippen LogP contribution in [0.1, 0.15) is 32.2 Å². The number of amides is 1. The molecule has 0 saturated carbocycles. The molecule has 0 spiro atoms. The molecule has 6 heteroatoms. The molecule has 0 unspecified atom stereocenters. The van der Waals surface area contributed by atoms with Crippen LogP contribution in [0, 0.1) is 6.92 Å². The van der Waals surface area contributed by atoms with Crippen LogP contribution in [0.4, 0.5) is 5.69 Å².